The minimum atomic E-state index is -1.19. The number of carboxylic acids is 2. The Morgan fingerprint density at radius 2 is 1.22 bits per heavy atom. The Morgan fingerprint density at radius 3 is 1.67 bits per heavy atom. The first kappa shape index (κ1) is 37.1. The van der Waals surface area contributed by atoms with Gasteiger partial charge in [0.1, 0.15) is 12.1 Å². The van der Waals surface area contributed by atoms with Crippen molar-refractivity contribution in [2.24, 2.45) is 11.3 Å². The maximum atomic E-state index is 13.4. The molecule has 0 saturated heterocycles. The Kier molecular flexibility index (Phi) is 14.3. The summed E-state index contributed by atoms with van der Waals surface area (Å²) in [4.78, 5) is 61.6. The summed E-state index contributed by atoms with van der Waals surface area (Å²) in [6, 6.07) is 10.8. The molecule has 0 aliphatic rings. The summed E-state index contributed by atoms with van der Waals surface area (Å²) in [5.41, 5.74) is 1.46. The Labute approximate surface area is 269 Å². The number of halogens is 1. The van der Waals surface area contributed by atoms with Gasteiger partial charge in [0, 0.05) is 22.8 Å². The van der Waals surface area contributed by atoms with E-state index in [1.165, 1.54) is 0 Å². The number of benzene rings is 2. The summed E-state index contributed by atoms with van der Waals surface area (Å²) in [7, 11) is 0. The molecule has 12 heteroatoms. The highest BCUT2D eigenvalue weighted by Crippen LogP contribution is 2.26. The van der Waals surface area contributed by atoms with Crippen molar-refractivity contribution in [3.8, 4) is 0 Å². The van der Waals surface area contributed by atoms with Gasteiger partial charge < -0.3 is 31.5 Å². The van der Waals surface area contributed by atoms with Crippen molar-refractivity contribution in [3.05, 3.63) is 59.1 Å². The highest BCUT2D eigenvalue weighted by molar-refractivity contribution is 6.30. The molecule has 45 heavy (non-hydrogen) atoms. The lowest BCUT2D eigenvalue weighted by molar-refractivity contribution is -0.143. The number of nitrogens with one attached hydrogen (secondary N) is 4. The van der Waals surface area contributed by atoms with Gasteiger partial charge in [-0.25, -0.2) is 14.4 Å². The fourth-order valence-corrected chi connectivity index (χ4v) is 4.83. The lowest BCUT2D eigenvalue weighted by Crippen LogP contribution is -2.43. The number of amides is 4. The predicted molar refractivity (Wildman–Crippen MR) is 174 cm³/mol. The second kappa shape index (κ2) is 17.4. The minimum absolute atomic E-state index is 0.101. The predicted octanol–water partition coefficient (Wildman–Crippen LogP) is 6.25. The third kappa shape index (κ3) is 14.0. The number of aliphatic carboxylic acids is 2. The molecule has 0 bridgehead atoms. The van der Waals surface area contributed by atoms with E-state index in [1.54, 1.807) is 48.5 Å². The Bertz CT molecular complexity index is 1310. The van der Waals surface area contributed by atoms with Gasteiger partial charge in [0.25, 0.3) is 0 Å². The van der Waals surface area contributed by atoms with Crippen LogP contribution in [0.3, 0.4) is 0 Å². The van der Waals surface area contributed by atoms with Crippen LogP contribution in [-0.4, -0.2) is 52.1 Å². The lowest BCUT2D eigenvalue weighted by atomic mass is 9.89. The summed E-state index contributed by atoms with van der Waals surface area (Å²) in [5.74, 6) is -3.62. The number of rotatable bonds is 16. The van der Waals surface area contributed by atoms with Crippen LogP contribution in [0.15, 0.2) is 48.5 Å². The first-order valence-corrected chi connectivity index (χ1v) is 15.4. The first-order chi connectivity index (χ1) is 21.0. The molecule has 0 saturated carbocycles. The number of carboxylic acid groups (broad SMARTS) is 2. The zero-order valence-corrected chi connectivity index (χ0v) is 27.2. The summed E-state index contributed by atoms with van der Waals surface area (Å²) in [6.45, 7) is 9.57. The first-order valence-electron chi connectivity index (χ1n) is 15.0. The molecule has 0 radical (unpaired) electrons. The smallest absolute Gasteiger partial charge is 0.326 e. The Balaban J connectivity index is 1.98. The quantitative estimate of drug-likeness (QED) is 0.117. The fourth-order valence-electron chi connectivity index (χ4n) is 4.70. The maximum absolute atomic E-state index is 13.4. The van der Waals surface area contributed by atoms with Crippen molar-refractivity contribution in [1.82, 2.24) is 10.6 Å². The van der Waals surface area contributed by atoms with Crippen LogP contribution < -0.4 is 21.3 Å². The zero-order valence-electron chi connectivity index (χ0n) is 26.5. The van der Waals surface area contributed by atoms with Crippen molar-refractivity contribution in [2.75, 3.05) is 10.6 Å². The van der Waals surface area contributed by atoms with E-state index >= 15 is 0 Å². The summed E-state index contributed by atoms with van der Waals surface area (Å²) >= 11 is 5.88. The molecule has 4 amide bonds. The van der Waals surface area contributed by atoms with Crippen molar-refractivity contribution in [3.63, 3.8) is 0 Å². The summed E-state index contributed by atoms with van der Waals surface area (Å²) in [5, 5.41) is 30.5. The van der Waals surface area contributed by atoms with E-state index in [0.29, 0.717) is 41.2 Å². The third-order valence-electron chi connectivity index (χ3n) is 6.87. The van der Waals surface area contributed by atoms with Crippen molar-refractivity contribution in [1.29, 1.82) is 0 Å². The SMILES string of the molecule is CC(C)CC(C(=O)NC(CCCCC(NC(=O)CC(C)(C)C)C(=O)O)C(=O)O)c1ccc(NC(=O)Nc2ccc(Cl)cc2)cc1. The highest BCUT2D eigenvalue weighted by Gasteiger charge is 2.28. The number of carbonyl (C=O) groups excluding carboxylic acids is 3. The largest absolute Gasteiger partial charge is 0.480 e. The van der Waals surface area contributed by atoms with E-state index in [0.717, 1.165) is 0 Å². The summed E-state index contributed by atoms with van der Waals surface area (Å²) in [6.07, 6.45) is 1.57. The molecule has 0 heterocycles. The van der Waals surface area contributed by atoms with Crippen molar-refractivity contribution < 1.29 is 34.2 Å². The highest BCUT2D eigenvalue weighted by atomic mass is 35.5. The molecule has 3 unspecified atom stereocenters. The van der Waals surface area contributed by atoms with Crippen LogP contribution in [0.25, 0.3) is 0 Å². The number of hydrogen-bond donors (Lipinski definition) is 6. The summed E-state index contributed by atoms with van der Waals surface area (Å²) < 4.78 is 0. The molecule has 0 aliphatic heterocycles. The molecule has 11 nitrogen and oxygen atoms in total. The van der Waals surface area contributed by atoms with Crippen LogP contribution in [0.1, 0.15) is 84.6 Å². The van der Waals surface area contributed by atoms with Gasteiger partial charge in [0.15, 0.2) is 0 Å². The van der Waals surface area contributed by atoms with E-state index in [2.05, 4.69) is 21.3 Å². The second-order valence-electron chi connectivity index (χ2n) is 12.8. The number of hydrogen-bond acceptors (Lipinski definition) is 5. The fraction of sp³-hybridized carbons (Fsp3) is 0.485. The average Bonchev–Trinajstić information content (AvgIpc) is 2.93. The van der Waals surface area contributed by atoms with Crippen molar-refractivity contribution >= 4 is 52.8 Å². The molecule has 0 aliphatic carbocycles. The van der Waals surface area contributed by atoms with E-state index < -0.39 is 41.9 Å². The second-order valence-corrected chi connectivity index (χ2v) is 13.2. The maximum Gasteiger partial charge on any atom is 0.326 e. The van der Waals surface area contributed by atoms with Crippen LogP contribution in [-0.2, 0) is 19.2 Å². The molecular formula is C33H45ClN4O7. The molecule has 6 N–H and O–H groups in total. The molecule has 3 atom stereocenters. The van der Waals surface area contributed by atoms with Crippen molar-refractivity contribution in [2.45, 2.75) is 91.1 Å². The van der Waals surface area contributed by atoms with Gasteiger partial charge in [-0.2, -0.15) is 0 Å². The van der Waals surface area contributed by atoms with E-state index in [1.807, 2.05) is 34.6 Å². The molecule has 0 aromatic heterocycles. The average molecular weight is 645 g/mol. The minimum Gasteiger partial charge on any atom is -0.480 e. The van der Waals surface area contributed by atoms with Gasteiger partial charge >= 0.3 is 18.0 Å². The van der Waals surface area contributed by atoms with Crippen LogP contribution in [0.4, 0.5) is 16.2 Å². The molecular weight excluding hydrogens is 600 g/mol. The van der Waals surface area contributed by atoms with Crippen LogP contribution >= 0.6 is 11.6 Å². The van der Waals surface area contributed by atoms with Gasteiger partial charge in [-0.1, -0.05) is 71.2 Å². The van der Waals surface area contributed by atoms with E-state index in [-0.39, 0.29) is 36.5 Å². The van der Waals surface area contributed by atoms with Gasteiger partial charge in [-0.05, 0) is 72.6 Å². The Morgan fingerprint density at radius 1 is 0.756 bits per heavy atom. The molecule has 2 rings (SSSR count). The topological polar surface area (TPSA) is 174 Å². The number of urea groups is 1. The number of carbonyl (C=O) groups is 5. The standard InChI is InChI=1S/C33H45ClN4O7/c1-20(2)18-25(21-10-14-23(15-11-21)35-32(45)36-24-16-12-22(34)13-17-24)29(40)38-27(31(43)44)9-7-6-8-26(30(41)42)37-28(39)19-33(3,4)5/h10-17,20,25-27H,6-9,18-19H2,1-5H3,(H,37,39)(H,38,40)(H,41,42)(H,43,44)(H2,35,36,45). The lowest BCUT2D eigenvalue weighted by Gasteiger charge is -2.23. The third-order valence-corrected chi connectivity index (χ3v) is 7.12. The normalized spacial score (nSPS) is 13.3. The van der Waals surface area contributed by atoms with Crippen LogP contribution in [0, 0.1) is 11.3 Å². The molecule has 0 spiro atoms. The zero-order chi connectivity index (χ0) is 33.7. The van der Waals surface area contributed by atoms with E-state index in [4.69, 9.17) is 11.6 Å². The molecule has 246 valence electrons. The van der Waals surface area contributed by atoms with Gasteiger partial charge in [0.2, 0.25) is 11.8 Å². The number of unbranched alkanes of at least 4 members (excludes halogenated alkanes) is 1. The van der Waals surface area contributed by atoms with Crippen LogP contribution in [0.5, 0.6) is 0 Å². The number of anilines is 2. The van der Waals surface area contributed by atoms with E-state index in [9.17, 15) is 34.2 Å². The van der Waals surface area contributed by atoms with Gasteiger partial charge in [-0.3, -0.25) is 9.59 Å². The van der Waals surface area contributed by atoms with Crippen LogP contribution in [0.2, 0.25) is 5.02 Å². The monoisotopic (exact) mass is 644 g/mol. The molecule has 2 aromatic carbocycles. The molecule has 0 fully saturated rings. The Hall–Kier alpha value is -4.12. The molecule has 2 aromatic rings. The van der Waals surface area contributed by atoms with Gasteiger partial charge in [0.05, 0.1) is 5.92 Å². The van der Waals surface area contributed by atoms with Gasteiger partial charge in [-0.15, -0.1) is 0 Å².